The number of nitrogens with two attached hydrogens (primary N) is 1. The molecule has 0 aliphatic heterocycles. The standard InChI is InChI=1S/C11H6ClF3N4O2S2/c12-5-1-2-7(11(13,14)15)6(3-5)8-4-17-9-19(8)18-10(22-9)23(16,20)21/h1-4H,(H2,16,20,21). The van der Waals surface area contributed by atoms with Crippen molar-refractivity contribution in [2.24, 2.45) is 5.14 Å². The fourth-order valence-electron chi connectivity index (χ4n) is 1.95. The monoisotopic (exact) mass is 382 g/mol. The molecular weight excluding hydrogens is 377 g/mol. The van der Waals surface area contributed by atoms with E-state index in [2.05, 4.69) is 10.1 Å². The van der Waals surface area contributed by atoms with E-state index in [1.54, 1.807) is 0 Å². The van der Waals surface area contributed by atoms with Gasteiger partial charge in [0.15, 0.2) is 0 Å². The number of hydrogen-bond donors (Lipinski definition) is 1. The minimum atomic E-state index is -4.62. The number of hydrogen-bond acceptors (Lipinski definition) is 5. The molecule has 0 saturated heterocycles. The van der Waals surface area contributed by atoms with Crippen LogP contribution in [0.1, 0.15) is 5.56 Å². The van der Waals surface area contributed by atoms with E-state index in [0.717, 1.165) is 28.9 Å². The first kappa shape index (κ1) is 16.2. The Balaban J connectivity index is 2.29. The Morgan fingerprint density at radius 3 is 2.61 bits per heavy atom. The van der Waals surface area contributed by atoms with E-state index in [1.165, 1.54) is 0 Å². The van der Waals surface area contributed by atoms with Gasteiger partial charge < -0.3 is 0 Å². The van der Waals surface area contributed by atoms with Crippen LogP contribution >= 0.6 is 22.9 Å². The highest BCUT2D eigenvalue weighted by atomic mass is 35.5. The van der Waals surface area contributed by atoms with Crippen LogP contribution in [0.2, 0.25) is 5.02 Å². The molecule has 0 radical (unpaired) electrons. The van der Waals surface area contributed by atoms with Gasteiger partial charge in [0, 0.05) is 10.6 Å². The second-order valence-electron chi connectivity index (χ2n) is 4.44. The van der Waals surface area contributed by atoms with Crippen molar-refractivity contribution in [2.75, 3.05) is 0 Å². The number of aromatic nitrogens is 3. The zero-order valence-electron chi connectivity index (χ0n) is 10.9. The minimum Gasteiger partial charge on any atom is -0.225 e. The van der Waals surface area contributed by atoms with Crippen molar-refractivity contribution < 1.29 is 21.6 Å². The average molecular weight is 383 g/mol. The smallest absolute Gasteiger partial charge is 0.225 e. The van der Waals surface area contributed by atoms with E-state index in [4.69, 9.17) is 16.7 Å². The SMILES string of the molecule is NS(=O)(=O)c1nn2c(-c3cc(Cl)ccc3C(F)(F)F)cnc2s1. The van der Waals surface area contributed by atoms with Gasteiger partial charge in [-0.15, -0.1) is 5.10 Å². The van der Waals surface area contributed by atoms with Crippen molar-refractivity contribution in [3.8, 4) is 11.3 Å². The zero-order chi connectivity index (χ0) is 17.0. The van der Waals surface area contributed by atoms with Crippen molar-refractivity contribution in [3.05, 3.63) is 35.0 Å². The lowest BCUT2D eigenvalue weighted by Gasteiger charge is -2.12. The molecule has 0 saturated carbocycles. The number of benzene rings is 1. The Kier molecular flexibility index (Phi) is 3.63. The summed E-state index contributed by atoms with van der Waals surface area (Å²) in [7, 11) is -4.08. The van der Waals surface area contributed by atoms with E-state index < -0.39 is 26.1 Å². The van der Waals surface area contributed by atoms with Crippen molar-refractivity contribution in [1.82, 2.24) is 14.6 Å². The Hall–Kier alpha value is -1.69. The highest BCUT2D eigenvalue weighted by Crippen LogP contribution is 2.39. The second-order valence-corrected chi connectivity index (χ2v) is 7.57. The molecule has 3 aromatic rings. The lowest BCUT2D eigenvalue weighted by atomic mass is 10.0. The summed E-state index contributed by atoms with van der Waals surface area (Å²) < 4.78 is 62.6. The zero-order valence-corrected chi connectivity index (χ0v) is 13.3. The van der Waals surface area contributed by atoms with E-state index in [1.807, 2.05) is 0 Å². The van der Waals surface area contributed by atoms with Crippen LogP contribution in [-0.2, 0) is 16.2 Å². The Morgan fingerprint density at radius 2 is 2.00 bits per heavy atom. The first-order valence-corrected chi connectivity index (χ1v) is 8.56. The molecule has 6 nitrogen and oxygen atoms in total. The molecule has 0 spiro atoms. The Bertz CT molecular complexity index is 1010. The first-order chi connectivity index (χ1) is 10.6. The molecule has 0 fully saturated rings. The second kappa shape index (κ2) is 5.16. The molecule has 0 unspecified atom stereocenters. The van der Waals surface area contributed by atoms with Gasteiger partial charge in [0.2, 0.25) is 9.30 Å². The molecule has 2 N–H and O–H groups in total. The molecule has 1 aromatic carbocycles. The molecule has 0 bridgehead atoms. The number of rotatable bonds is 2. The normalized spacial score (nSPS) is 12.9. The van der Waals surface area contributed by atoms with Gasteiger partial charge in [-0.2, -0.15) is 13.2 Å². The highest BCUT2D eigenvalue weighted by Gasteiger charge is 2.35. The van der Waals surface area contributed by atoms with Gasteiger partial charge in [-0.1, -0.05) is 22.9 Å². The maximum atomic E-state index is 13.2. The van der Waals surface area contributed by atoms with E-state index in [9.17, 15) is 21.6 Å². The van der Waals surface area contributed by atoms with Gasteiger partial charge >= 0.3 is 6.18 Å². The molecule has 2 aromatic heterocycles. The summed E-state index contributed by atoms with van der Waals surface area (Å²) in [6.07, 6.45) is -3.46. The third kappa shape index (κ3) is 2.92. The minimum absolute atomic E-state index is 0.0408. The number of nitrogens with zero attached hydrogens (tertiary/aromatic N) is 3. The molecule has 0 aliphatic carbocycles. The molecule has 3 rings (SSSR count). The van der Waals surface area contributed by atoms with Crippen LogP contribution in [-0.4, -0.2) is 23.0 Å². The predicted molar refractivity (Wildman–Crippen MR) is 77.7 cm³/mol. The van der Waals surface area contributed by atoms with E-state index in [0.29, 0.717) is 11.3 Å². The molecule has 0 amide bonds. The fraction of sp³-hybridized carbons (Fsp3) is 0.0909. The van der Waals surface area contributed by atoms with Gasteiger partial charge in [-0.3, -0.25) is 0 Å². The van der Waals surface area contributed by atoms with Crippen LogP contribution in [0.4, 0.5) is 13.2 Å². The third-order valence-corrected chi connectivity index (χ3v) is 5.34. The first-order valence-electron chi connectivity index (χ1n) is 5.82. The van der Waals surface area contributed by atoms with Crippen molar-refractivity contribution >= 4 is 37.9 Å². The van der Waals surface area contributed by atoms with E-state index >= 15 is 0 Å². The number of fused-ring (bicyclic) bond motifs is 1. The van der Waals surface area contributed by atoms with Crippen molar-refractivity contribution in [3.63, 3.8) is 0 Å². The van der Waals surface area contributed by atoms with Crippen LogP contribution in [0.25, 0.3) is 16.2 Å². The summed E-state index contributed by atoms with van der Waals surface area (Å²) >= 11 is 6.43. The highest BCUT2D eigenvalue weighted by molar-refractivity contribution is 7.91. The lowest BCUT2D eigenvalue weighted by Crippen LogP contribution is -2.12. The lowest BCUT2D eigenvalue weighted by molar-refractivity contribution is -0.137. The average Bonchev–Trinajstić information content (AvgIpc) is 2.95. The molecule has 122 valence electrons. The quantitative estimate of drug-likeness (QED) is 0.737. The van der Waals surface area contributed by atoms with Gasteiger partial charge in [-0.25, -0.2) is 23.1 Å². The number of halogens is 4. The summed E-state index contributed by atoms with van der Waals surface area (Å²) in [5, 5.41) is 8.78. The van der Waals surface area contributed by atoms with Crippen LogP contribution in [0.15, 0.2) is 28.7 Å². The maximum Gasteiger partial charge on any atom is 0.417 e. The summed E-state index contributed by atoms with van der Waals surface area (Å²) in [6.45, 7) is 0. The third-order valence-electron chi connectivity index (χ3n) is 2.87. The maximum absolute atomic E-state index is 13.2. The molecule has 12 heteroatoms. The summed E-state index contributed by atoms with van der Waals surface area (Å²) in [4.78, 5) is 3.97. The summed E-state index contributed by atoms with van der Waals surface area (Å²) in [6, 6.07) is 3.07. The van der Waals surface area contributed by atoms with Gasteiger partial charge in [0.05, 0.1) is 17.5 Å². The molecule has 2 heterocycles. The summed E-state index contributed by atoms with van der Waals surface area (Å²) in [5.41, 5.74) is -1.24. The van der Waals surface area contributed by atoms with Gasteiger partial charge in [-0.05, 0) is 18.2 Å². The largest absolute Gasteiger partial charge is 0.417 e. The van der Waals surface area contributed by atoms with Crippen molar-refractivity contribution in [1.29, 1.82) is 0 Å². The number of alkyl halides is 3. The van der Waals surface area contributed by atoms with Crippen LogP contribution in [0.5, 0.6) is 0 Å². The Morgan fingerprint density at radius 1 is 1.30 bits per heavy atom. The Labute approximate surface area is 136 Å². The molecule has 0 atom stereocenters. The van der Waals surface area contributed by atoms with Crippen LogP contribution < -0.4 is 5.14 Å². The van der Waals surface area contributed by atoms with Crippen molar-refractivity contribution in [2.45, 2.75) is 10.5 Å². The number of sulfonamides is 1. The fourth-order valence-corrected chi connectivity index (χ4v) is 3.61. The van der Waals surface area contributed by atoms with Gasteiger partial charge in [0.25, 0.3) is 10.0 Å². The molecular formula is C11H6ClF3N4O2S2. The summed E-state index contributed by atoms with van der Waals surface area (Å²) in [5.74, 6) is 0. The topological polar surface area (TPSA) is 90.4 Å². The van der Waals surface area contributed by atoms with E-state index in [-0.39, 0.29) is 21.2 Å². The van der Waals surface area contributed by atoms with Gasteiger partial charge in [0.1, 0.15) is 0 Å². The number of imidazole rings is 1. The van der Waals surface area contributed by atoms with Crippen LogP contribution in [0, 0.1) is 0 Å². The number of primary sulfonamides is 1. The van der Waals surface area contributed by atoms with Crippen LogP contribution in [0.3, 0.4) is 0 Å². The molecule has 23 heavy (non-hydrogen) atoms. The molecule has 0 aliphatic rings. The predicted octanol–water partition coefficient (Wildman–Crippen LogP) is 2.78.